The first-order valence-corrected chi connectivity index (χ1v) is 13.7. The van der Waals surface area contributed by atoms with Crippen LogP contribution in [-0.4, -0.2) is 99.4 Å². The standard InChI is InChI=1S/C29H46N2O6/c1-4-34-19-27(32)16-30(18-29-21-37-29)25-11-7-23(8-12-25)15-24-9-13-26(14-10-24)31(22-36-6-3)17-28(33)20-35-5-2/h7-9,11-14,24,27-29,32-33H,4-6,10,15-22H2,1-3H3. The van der Waals surface area contributed by atoms with Gasteiger partial charge in [0.2, 0.25) is 0 Å². The highest BCUT2D eigenvalue weighted by Gasteiger charge is 2.27. The molecule has 1 saturated heterocycles. The second-order valence-corrected chi connectivity index (χ2v) is 9.69. The van der Waals surface area contributed by atoms with Crippen LogP contribution in [0.15, 0.2) is 48.2 Å². The molecule has 1 aliphatic carbocycles. The average Bonchev–Trinajstić information content (AvgIpc) is 3.73. The van der Waals surface area contributed by atoms with E-state index in [-0.39, 0.29) is 6.10 Å². The van der Waals surface area contributed by atoms with Crippen molar-refractivity contribution >= 4 is 5.69 Å². The third-order valence-electron chi connectivity index (χ3n) is 6.50. The molecule has 8 heteroatoms. The van der Waals surface area contributed by atoms with Gasteiger partial charge in [0, 0.05) is 50.8 Å². The Morgan fingerprint density at radius 3 is 2.08 bits per heavy atom. The van der Waals surface area contributed by atoms with Gasteiger partial charge in [0.15, 0.2) is 0 Å². The first kappa shape index (κ1) is 29.6. The molecule has 2 aliphatic rings. The Morgan fingerprint density at radius 2 is 1.54 bits per heavy atom. The van der Waals surface area contributed by atoms with E-state index in [1.54, 1.807) is 0 Å². The van der Waals surface area contributed by atoms with E-state index in [0.29, 0.717) is 58.8 Å². The maximum Gasteiger partial charge on any atom is 0.118 e. The number of aliphatic hydroxyl groups excluding tert-OH is 2. The normalized spacial score (nSPS) is 20.4. The number of epoxide rings is 1. The van der Waals surface area contributed by atoms with Gasteiger partial charge in [-0.15, -0.1) is 0 Å². The first-order chi connectivity index (χ1) is 18.0. The first-order valence-electron chi connectivity index (χ1n) is 13.7. The summed E-state index contributed by atoms with van der Waals surface area (Å²) in [4.78, 5) is 4.26. The third-order valence-corrected chi connectivity index (χ3v) is 6.50. The number of rotatable bonds is 19. The van der Waals surface area contributed by atoms with Gasteiger partial charge in [-0.1, -0.05) is 24.3 Å². The van der Waals surface area contributed by atoms with Crippen LogP contribution in [0.5, 0.6) is 0 Å². The van der Waals surface area contributed by atoms with Crippen LogP contribution in [0.4, 0.5) is 5.69 Å². The van der Waals surface area contributed by atoms with E-state index in [1.165, 1.54) is 5.56 Å². The topological polar surface area (TPSA) is 87.2 Å². The number of benzene rings is 1. The Hall–Kier alpha value is -1.94. The molecule has 3 rings (SSSR count). The summed E-state index contributed by atoms with van der Waals surface area (Å²) in [5.41, 5.74) is 3.46. The molecule has 1 aliphatic heterocycles. The average molecular weight is 519 g/mol. The highest BCUT2D eigenvalue weighted by molar-refractivity contribution is 5.48. The molecule has 1 fully saturated rings. The molecule has 37 heavy (non-hydrogen) atoms. The Bertz CT molecular complexity index is 826. The minimum Gasteiger partial charge on any atom is -0.389 e. The molecular weight excluding hydrogens is 472 g/mol. The molecular formula is C29H46N2O6. The minimum atomic E-state index is -0.558. The predicted molar refractivity (Wildman–Crippen MR) is 146 cm³/mol. The zero-order chi connectivity index (χ0) is 26.5. The largest absolute Gasteiger partial charge is 0.389 e. The Balaban J connectivity index is 1.54. The summed E-state index contributed by atoms with van der Waals surface area (Å²) in [5.74, 6) is 0.417. The smallest absolute Gasteiger partial charge is 0.118 e. The lowest BCUT2D eigenvalue weighted by Gasteiger charge is -2.30. The summed E-state index contributed by atoms with van der Waals surface area (Å²) >= 11 is 0. The highest BCUT2D eigenvalue weighted by Crippen LogP contribution is 2.25. The molecule has 1 aromatic carbocycles. The van der Waals surface area contributed by atoms with E-state index in [1.807, 2.05) is 20.8 Å². The zero-order valence-electron chi connectivity index (χ0n) is 22.8. The van der Waals surface area contributed by atoms with Crippen molar-refractivity contribution in [3.05, 3.63) is 53.8 Å². The molecule has 4 unspecified atom stereocenters. The van der Waals surface area contributed by atoms with Crippen molar-refractivity contribution in [2.45, 2.75) is 51.9 Å². The van der Waals surface area contributed by atoms with Crippen LogP contribution < -0.4 is 4.90 Å². The monoisotopic (exact) mass is 518 g/mol. The van der Waals surface area contributed by atoms with Gasteiger partial charge in [-0.25, -0.2) is 0 Å². The van der Waals surface area contributed by atoms with Gasteiger partial charge in [0.1, 0.15) is 6.73 Å². The van der Waals surface area contributed by atoms with E-state index >= 15 is 0 Å². The number of ether oxygens (including phenoxy) is 4. The third kappa shape index (κ3) is 10.8. The zero-order valence-corrected chi connectivity index (χ0v) is 22.8. The fourth-order valence-electron chi connectivity index (χ4n) is 4.45. The van der Waals surface area contributed by atoms with Crippen LogP contribution in [0.1, 0.15) is 32.8 Å². The van der Waals surface area contributed by atoms with Crippen LogP contribution >= 0.6 is 0 Å². The number of anilines is 1. The molecule has 0 radical (unpaired) electrons. The summed E-state index contributed by atoms with van der Waals surface area (Å²) < 4.78 is 21.8. The Morgan fingerprint density at radius 1 is 0.919 bits per heavy atom. The van der Waals surface area contributed by atoms with E-state index in [0.717, 1.165) is 37.4 Å². The van der Waals surface area contributed by atoms with Gasteiger partial charge in [-0.3, -0.25) is 0 Å². The second-order valence-electron chi connectivity index (χ2n) is 9.69. The maximum atomic E-state index is 10.4. The molecule has 1 heterocycles. The van der Waals surface area contributed by atoms with Crippen molar-refractivity contribution < 1.29 is 29.2 Å². The number of hydrogen-bond acceptors (Lipinski definition) is 8. The Kier molecular flexibility index (Phi) is 12.9. The molecule has 0 bridgehead atoms. The summed E-state index contributed by atoms with van der Waals surface area (Å²) in [5, 5.41) is 20.7. The molecule has 0 spiro atoms. The molecule has 208 valence electrons. The second kappa shape index (κ2) is 16.1. The highest BCUT2D eigenvalue weighted by atomic mass is 16.6. The van der Waals surface area contributed by atoms with Gasteiger partial charge in [-0.05, 0) is 63.3 Å². The number of hydrogen-bond donors (Lipinski definition) is 2. The molecule has 2 N–H and O–H groups in total. The minimum absolute atomic E-state index is 0.245. The molecule has 8 nitrogen and oxygen atoms in total. The molecule has 0 aromatic heterocycles. The van der Waals surface area contributed by atoms with E-state index in [9.17, 15) is 10.2 Å². The van der Waals surface area contributed by atoms with E-state index < -0.39 is 12.2 Å². The van der Waals surface area contributed by atoms with E-state index in [2.05, 4.69) is 52.3 Å². The fraction of sp³-hybridized carbons (Fsp3) is 0.655. The lowest BCUT2D eigenvalue weighted by molar-refractivity contribution is -0.00385. The summed E-state index contributed by atoms with van der Waals surface area (Å²) in [6.07, 6.45) is 7.69. The van der Waals surface area contributed by atoms with Gasteiger partial charge in [-0.2, -0.15) is 0 Å². The number of allylic oxidation sites excluding steroid dienone is 3. The van der Waals surface area contributed by atoms with Crippen LogP contribution in [-0.2, 0) is 25.4 Å². The summed E-state index contributed by atoms with van der Waals surface area (Å²) in [7, 11) is 0. The molecule has 0 amide bonds. The number of aliphatic hydroxyl groups is 2. The van der Waals surface area contributed by atoms with Gasteiger partial charge >= 0.3 is 0 Å². The van der Waals surface area contributed by atoms with Gasteiger partial charge < -0.3 is 39.0 Å². The quantitative estimate of drug-likeness (QED) is 0.214. The fourth-order valence-corrected chi connectivity index (χ4v) is 4.45. The molecule has 0 saturated carbocycles. The van der Waals surface area contributed by atoms with Crippen LogP contribution in [0.2, 0.25) is 0 Å². The molecule has 4 atom stereocenters. The van der Waals surface area contributed by atoms with Crippen molar-refractivity contribution in [3.63, 3.8) is 0 Å². The van der Waals surface area contributed by atoms with Crippen LogP contribution in [0.3, 0.4) is 0 Å². The van der Waals surface area contributed by atoms with Crippen LogP contribution in [0, 0.1) is 5.92 Å². The number of nitrogens with zero attached hydrogens (tertiary/aromatic N) is 2. The lowest BCUT2D eigenvalue weighted by Crippen LogP contribution is -2.37. The van der Waals surface area contributed by atoms with Crippen molar-refractivity contribution in [1.29, 1.82) is 0 Å². The van der Waals surface area contributed by atoms with Gasteiger partial charge in [0.05, 0.1) is 38.1 Å². The lowest BCUT2D eigenvalue weighted by atomic mass is 9.92. The van der Waals surface area contributed by atoms with E-state index in [4.69, 9.17) is 18.9 Å². The van der Waals surface area contributed by atoms with Crippen LogP contribution in [0.25, 0.3) is 0 Å². The van der Waals surface area contributed by atoms with Gasteiger partial charge in [0.25, 0.3) is 0 Å². The van der Waals surface area contributed by atoms with Crippen molar-refractivity contribution in [2.24, 2.45) is 5.92 Å². The Labute approximate surface area is 222 Å². The van der Waals surface area contributed by atoms with Crippen molar-refractivity contribution in [3.8, 4) is 0 Å². The molecule has 1 aromatic rings. The summed E-state index contributed by atoms with van der Waals surface area (Å²) in [6, 6.07) is 8.65. The SMILES string of the molecule is CCOCC(O)CN(COCC)C1=CCC(Cc2ccc(N(CC(O)COCC)CC3CO3)cc2)C=C1. The van der Waals surface area contributed by atoms with Crippen molar-refractivity contribution in [2.75, 3.05) is 70.9 Å². The van der Waals surface area contributed by atoms with Crippen molar-refractivity contribution in [1.82, 2.24) is 4.90 Å². The summed E-state index contributed by atoms with van der Waals surface area (Å²) in [6.45, 7) is 11.3. The predicted octanol–water partition coefficient (Wildman–Crippen LogP) is 2.99. The maximum absolute atomic E-state index is 10.4.